The Labute approximate surface area is 214 Å². The number of alkyl halides is 2. The van der Waals surface area contributed by atoms with Gasteiger partial charge in [0.15, 0.2) is 5.82 Å². The zero-order valence-electron chi connectivity index (χ0n) is 18.4. The normalized spacial score (nSPS) is 16.8. The van der Waals surface area contributed by atoms with Crippen LogP contribution in [0.25, 0.3) is 22.2 Å². The maximum atomic E-state index is 15.0. The van der Waals surface area contributed by atoms with Crippen LogP contribution in [0.15, 0.2) is 59.9 Å². The Hall–Kier alpha value is -3.95. The highest BCUT2D eigenvalue weighted by molar-refractivity contribution is 7.59. The Morgan fingerprint density at radius 2 is 1.97 bits per heavy atom. The molecular formula is C23H17ClF2N8OS. The molecule has 5 aromatic rings. The smallest absolute Gasteiger partial charge is 0.284 e. The monoisotopic (exact) mass is 526 g/mol. The first-order valence-electron chi connectivity index (χ1n) is 10.6. The molecule has 0 saturated carbocycles. The topological polar surface area (TPSA) is 108 Å². The number of nitriles is 1. The van der Waals surface area contributed by atoms with E-state index in [4.69, 9.17) is 11.6 Å². The van der Waals surface area contributed by atoms with Gasteiger partial charge in [-0.15, -0.1) is 0 Å². The second-order valence-electron chi connectivity index (χ2n) is 8.23. The van der Waals surface area contributed by atoms with Crippen LogP contribution in [-0.2, 0) is 0 Å². The summed E-state index contributed by atoms with van der Waals surface area (Å²) in [6.45, 7) is -0.672. The van der Waals surface area contributed by atoms with Gasteiger partial charge < -0.3 is 9.88 Å². The molecule has 0 bridgehead atoms. The lowest BCUT2D eigenvalue weighted by Crippen LogP contribution is -2.33. The third-order valence-electron chi connectivity index (χ3n) is 6.09. The highest BCUT2D eigenvalue weighted by Gasteiger charge is 2.49. The first-order valence-corrected chi connectivity index (χ1v) is 11.0. The van der Waals surface area contributed by atoms with Crippen LogP contribution >= 0.6 is 25.1 Å². The zero-order valence-corrected chi connectivity index (χ0v) is 20.1. The van der Waals surface area contributed by atoms with Crippen LogP contribution in [-0.4, -0.2) is 41.6 Å². The fourth-order valence-electron chi connectivity index (χ4n) is 4.61. The van der Waals surface area contributed by atoms with Gasteiger partial charge in [0.1, 0.15) is 29.4 Å². The third kappa shape index (κ3) is 3.59. The standard InChI is InChI=1S/C23H15ClF2N8O.H2S/c24-15-6-7-33-18(15)22(35)34(14-4-2-1-3-5-14)20(31-33)16-8-23(25,26)11-32(16)21-17-13(9-27)10-28-19(17)29-12-30-21;/h1-7,10,12,16H,8,11H2,(H,28,29,30);1H2/t16-;/m0./s1. The molecule has 0 radical (unpaired) electrons. The van der Waals surface area contributed by atoms with E-state index in [-0.39, 0.29) is 41.2 Å². The molecule has 5 heterocycles. The molecule has 1 aliphatic rings. The molecule has 36 heavy (non-hydrogen) atoms. The average Bonchev–Trinajstić information content (AvgIpc) is 3.53. The number of benzene rings is 1. The summed E-state index contributed by atoms with van der Waals surface area (Å²) >= 11 is 6.25. The van der Waals surface area contributed by atoms with Crippen molar-refractivity contribution in [3.05, 3.63) is 81.9 Å². The number of nitrogens with one attached hydrogen (secondary N) is 1. The lowest BCUT2D eigenvalue weighted by atomic mass is 10.1. The van der Waals surface area contributed by atoms with Crippen LogP contribution in [0, 0.1) is 11.3 Å². The van der Waals surface area contributed by atoms with E-state index in [9.17, 15) is 18.8 Å². The summed E-state index contributed by atoms with van der Waals surface area (Å²) in [5.74, 6) is -2.85. The van der Waals surface area contributed by atoms with Gasteiger partial charge in [-0.25, -0.2) is 23.3 Å². The second-order valence-corrected chi connectivity index (χ2v) is 8.64. The van der Waals surface area contributed by atoms with E-state index in [1.807, 2.05) is 6.07 Å². The summed E-state index contributed by atoms with van der Waals surface area (Å²) in [6, 6.07) is 11.2. The predicted octanol–water partition coefficient (Wildman–Crippen LogP) is 3.98. The molecule has 0 amide bonds. The summed E-state index contributed by atoms with van der Waals surface area (Å²) in [4.78, 5) is 26.2. The van der Waals surface area contributed by atoms with Gasteiger partial charge in [0.2, 0.25) is 0 Å². The number of hydrogen-bond acceptors (Lipinski definition) is 6. The van der Waals surface area contributed by atoms with E-state index in [0.717, 1.165) is 0 Å². The van der Waals surface area contributed by atoms with Crippen molar-refractivity contribution in [1.29, 1.82) is 5.26 Å². The maximum absolute atomic E-state index is 15.0. The summed E-state index contributed by atoms with van der Waals surface area (Å²) < 4.78 is 32.6. The van der Waals surface area contributed by atoms with Gasteiger partial charge in [-0.2, -0.15) is 23.9 Å². The summed E-state index contributed by atoms with van der Waals surface area (Å²) in [5, 5.41) is 14.7. The van der Waals surface area contributed by atoms with Crippen LogP contribution in [0.5, 0.6) is 0 Å². The first kappa shape index (κ1) is 23.8. The van der Waals surface area contributed by atoms with Crippen LogP contribution in [0.4, 0.5) is 14.6 Å². The summed E-state index contributed by atoms with van der Waals surface area (Å²) in [5.41, 5.74) is 0.685. The molecule has 0 unspecified atom stereocenters. The summed E-state index contributed by atoms with van der Waals surface area (Å²) in [7, 11) is 0. The number of nitrogens with zero attached hydrogens (tertiary/aromatic N) is 7. The van der Waals surface area contributed by atoms with E-state index in [1.165, 1.54) is 38.8 Å². The van der Waals surface area contributed by atoms with Gasteiger partial charge in [-0.1, -0.05) is 29.8 Å². The highest BCUT2D eigenvalue weighted by atomic mass is 35.5. The Morgan fingerprint density at radius 3 is 2.72 bits per heavy atom. The van der Waals surface area contributed by atoms with Gasteiger partial charge in [0.05, 0.1) is 34.2 Å². The molecule has 9 nitrogen and oxygen atoms in total. The number of rotatable bonds is 3. The van der Waals surface area contributed by atoms with Crippen molar-refractivity contribution >= 4 is 47.5 Å². The van der Waals surface area contributed by atoms with Crippen molar-refractivity contribution in [1.82, 2.24) is 29.1 Å². The van der Waals surface area contributed by atoms with Crippen molar-refractivity contribution in [3.8, 4) is 11.8 Å². The molecule has 1 fully saturated rings. The quantitative estimate of drug-likeness (QED) is 0.381. The lowest BCUT2D eigenvalue weighted by molar-refractivity contribution is 0.0218. The Bertz CT molecular complexity index is 1710. The van der Waals surface area contributed by atoms with E-state index in [1.54, 1.807) is 30.3 Å². The lowest BCUT2D eigenvalue weighted by Gasteiger charge is -2.27. The van der Waals surface area contributed by atoms with Crippen LogP contribution in [0.1, 0.15) is 23.9 Å². The van der Waals surface area contributed by atoms with E-state index < -0.39 is 30.5 Å². The number of anilines is 1. The maximum Gasteiger partial charge on any atom is 0.284 e. The van der Waals surface area contributed by atoms with E-state index >= 15 is 0 Å². The molecule has 1 N–H and O–H groups in total. The minimum absolute atomic E-state index is 0. The predicted molar refractivity (Wildman–Crippen MR) is 134 cm³/mol. The van der Waals surface area contributed by atoms with Crippen LogP contribution < -0.4 is 10.5 Å². The van der Waals surface area contributed by atoms with Gasteiger partial charge in [-0.05, 0) is 18.2 Å². The van der Waals surface area contributed by atoms with Crippen molar-refractivity contribution in [2.75, 3.05) is 11.4 Å². The fraction of sp³-hybridized carbons (Fsp3) is 0.174. The molecule has 4 aromatic heterocycles. The van der Waals surface area contributed by atoms with Gasteiger partial charge in [-0.3, -0.25) is 9.36 Å². The van der Waals surface area contributed by atoms with E-state index in [0.29, 0.717) is 16.7 Å². The fourth-order valence-corrected chi connectivity index (χ4v) is 4.84. The van der Waals surface area contributed by atoms with Crippen molar-refractivity contribution < 1.29 is 8.78 Å². The molecule has 1 aromatic carbocycles. The Kier molecular flexibility index (Phi) is 5.69. The minimum atomic E-state index is -3.10. The first-order chi connectivity index (χ1) is 16.9. The number of halogens is 3. The molecule has 1 saturated heterocycles. The van der Waals surface area contributed by atoms with E-state index in [2.05, 4.69) is 20.1 Å². The van der Waals surface area contributed by atoms with Crippen LogP contribution in [0.2, 0.25) is 5.02 Å². The Morgan fingerprint density at radius 1 is 1.19 bits per heavy atom. The van der Waals surface area contributed by atoms with Crippen molar-refractivity contribution in [2.24, 2.45) is 0 Å². The SMILES string of the molecule is N#Cc1c[nH]c2ncnc(N3CC(F)(F)C[C@H]3c3nn4ccc(Cl)c4c(=O)n3-c3ccccc3)c12.S. The molecular weight excluding hydrogens is 510 g/mol. The molecule has 1 atom stereocenters. The third-order valence-corrected chi connectivity index (χ3v) is 6.39. The van der Waals surface area contributed by atoms with Crippen molar-refractivity contribution in [3.63, 3.8) is 0 Å². The number of hydrogen-bond donors (Lipinski definition) is 1. The largest absolute Gasteiger partial charge is 0.345 e. The zero-order chi connectivity index (χ0) is 24.3. The molecule has 0 aliphatic carbocycles. The number of H-pyrrole nitrogens is 1. The number of aromatic amines is 1. The highest BCUT2D eigenvalue weighted by Crippen LogP contribution is 2.44. The molecule has 0 spiro atoms. The number of fused-ring (bicyclic) bond motifs is 2. The second kappa shape index (κ2) is 8.61. The van der Waals surface area contributed by atoms with Crippen molar-refractivity contribution in [2.45, 2.75) is 18.4 Å². The number of aromatic nitrogens is 6. The van der Waals surface area contributed by atoms with Gasteiger partial charge >= 0.3 is 0 Å². The number of para-hydroxylation sites is 1. The van der Waals surface area contributed by atoms with Gasteiger partial charge in [0, 0.05) is 18.8 Å². The average molecular weight is 527 g/mol. The minimum Gasteiger partial charge on any atom is -0.345 e. The molecule has 6 rings (SSSR count). The van der Waals surface area contributed by atoms with Crippen LogP contribution in [0.3, 0.4) is 0 Å². The molecule has 1 aliphatic heterocycles. The summed E-state index contributed by atoms with van der Waals surface area (Å²) in [6.07, 6.45) is 3.61. The van der Waals surface area contributed by atoms with Gasteiger partial charge in [0.25, 0.3) is 11.5 Å². The Balaban J connectivity index is 0.00000267. The molecule has 182 valence electrons. The molecule has 13 heteroatoms.